The summed E-state index contributed by atoms with van der Waals surface area (Å²) in [5, 5.41) is 0. The Hall–Kier alpha value is -1.18. The Kier molecular flexibility index (Phi) is 4.29. The summed E-state index contributed by atoms with van der Waals surface area (Å²) in [6.45, 7) is 1.98. The molecule has 0 amide bonds. The molecule has 0 aliphatic heterocycles. The molecule has 1 aliphatic rings. The molecule has 1 aliphatic carbocycles. The van der Waals surface area contributed by atoms with Crippen molar-refractivity contribution in [2.75, 3.05) is 0 Å². The number of carbonyl (C=O) groups is 1. The first kappa shape index (κ1) is 12.3. The number of carbonyl (C=O) groups excluding carboxylic acids is 1. The zero-order chi connectivity index (χ0) is 12.1. The largest absolute Gasteiger partial charge is 0.294 e. The molecule has 1 heterocycles. The molecule has 0 spiro atoms. The van der Waals surface area contributed by atoms with Gasteiger partial charge in [-0.1, -0.05) is 32.1 Å². The van der Waals surface area contributed by atoms with Crippen molar-refractivity contribution < 1.29 is 4.79 Å². The highest BCUT2D eigenvalue weighted by Gasteiger charge is 2.15. The first-order valence-electron chi connectivity index (χ1n) is 6.70. The Bertz CT molecular complexity index is 380. The predicted octanol–water partition coefficient (Wildman–Crippen LogP) is 3.93. The van der Waals surface area contributed by atoms with Crippen molar-refractivity contribution in [2.24, 2.45) is 5.92 Å². The summed E-state index contributed by atoms with van der Waals surface area (Å²) in [4.78, 5) is 16.1. The zero-order valence-corrected chi connectivity index (χ0v) is 10.6. The molecule has 1 aromatic heterocycles. The third-order valence-corrected chi connectivity index (χ3v) is 3.70. The van der Waals surface area contributed by atoms with Gasteiger partial charge in [-0.2, -0.15) is 0 Å². The molecule has 92 valence electrons. The highest BCUT2D eigenvalue weighted by molar-refractivity contribution is 5.95. The maximum Gasteiger partial charge on any atom is 0.164 e. The first-order valence-corrected chi connectivity index (χ1v) is 6.70. The van der Waals surface area contributed by atoms with Crippen LogP contribution in [0, 0.1) is 12.8 Å². The monoisotopic (exact) mass is 231 g/mol. The summed E-state index contributed by atoms with van der Waals surface area (Å²) in [5.74, 6) is 1.04. The Balaban J connectivity index is 1.84. The number of Topliss-reactive ketones (excluding diaryl/α,β-unsaturated/α-hetero) is 1. The quantitative estimate of drug-likeness (QED) is 0.735. The molecule has 0 bridgehead atoms. The van der Waals surface area contributed by atoms with E-state index < -0.39 is 0 Å². The average Bonchev–Trinajstić information content (AvgIpc) is 2.37. The van der Waals surface area contributed by atoms with Crippen molar-refractivity contribution >= 4 is 5.78 Å². The molecular weight excluding hydrogens is 210 g/mol. The van der Waals surface area contributed by atoms with Gasteiger partial charge in [0.25, 0.3) is 0 Å². The highest BCUT2D eigenvalue weighted by atomic mass is 16.1. The number of ketones is 1. The lowest BCUT2D eigenvalue weighted by atomic mass is 9.85. The molecule has 0 saturated heterocycles. The van der Waals surface area contributed by atoms with E-state index in [0.29, 0.717) is 6.42 Å². The summed E-state index contributed by atoms with van der Waals surface area (Å²) >= 11 is 0. The average molecular weight is 231 g/mol. The molecule has 0 atom stereocenters. The summed E-state index contributed by atoms with van der Waals surface area (Å²) < 4.78 is 0. The van der Waals surface area contributed by atoms with Crippen LogP contribution in [0.5, 0.6) is 0 Å². The Morgan fingerprint density at radius 1 is 1.29 bits per heavy atom. The van der Waals surface area contributed by atoms with Crippen molar-refractivity contribution in [3.8, 4) is 0 Å². The summed E-state index contributed by atoms with van der Waals surface area (Å²) in [7, 11) is 0. The minimum absolute atomic E-state index is 0.256. The van der Waals surface area contributed by atoms with Crippen LogP contribution in [0.15, 0.2) is 18.5 Å². The number of nitrogens with zero attached hydrogens (tertiary/aromatic N) is 1. The smallest absolute Gasteiger partial charge is 0.164 e. The van der Waals surface area contributed by atoms with Crippen molar-refractivity contribution in [1.82, 2.24) is 4.98 Å². The van der Waals surface area contributed by atoms with Gasteiger partial charge in [-0.3, -0.25) is 9.78 Å². The van der Waals surface area contributed by atoms with Gasteiger partial charge in [0.2, 0.25) is 0 Å². The fourth-order valence-corrected chi connectivity index (χ4v) is 2.66. The minimum Gasteiger partial charge on any atom is -0.294 e. The van der Waals surface area contributed by atoms with Crippen LogP contribution in [0.3, 0.4) is 0 Å². The molecule has 2 heteroatoms. The van der Waals surface area contributed by atoms with Crippen LogP contribution in [0.25, 0.3) is 0 Å². The van der Waals surface area contributed by atoms with E-state index in [4.69, 9.17) is 0 Å². The van der Waals surface area contributed by atoms with Crippen LogP contribution in [0.4, 0.5) is 0 Å². The van der Waals surface area contributed by atoms with Crippen molar-refractivity contribution in [3.63, 3.8) is 0 Å². The second-order valence-corrected chi connectivity index (χ2v) is 5.22. The zero-order valence-electron chi connectivity index (χ0n) is 10.6. The standard InChI is InChI=1S/C15H21NO/c1-12-9-14(11-16-10-12)15(17)8-7-13-5-3-2-4-6-13/h9-11,13H,2-8H2,1H3. The van der Waals surface area contributed by atoms with Gasteiger partial charge in [-0.25, -0.2) is 0 Å². The summed E-state index contributed by atoms with van der Waals surface area (Å²) in [6, 6.07) is 1.94. The van der Waals surface area contributed by atoms with E-state index in [1.807, 2.05) is 13.0 Å². The van der Waals surface area contributed by atoms with E-state index >= 15 is 0 Å². The molecular formula is C15H21NO. The molecule has 0 aromatic carbocycles. The molecule has 1 saturated carbocycles. The topological polar surface area (TPSA) is 30.0 Å². The third-order valence-electron chi connectivity index (χ3n) is 3.70. The van der Waals surface area contributed by atoms with Crippen LogP contribution >= 0.6 is 0 Å². The molecule has 0 unspecified atom stereocenters. The SMILES string of the molecule is Cc1cncc(C(=O)CCC2CCCCC2)c1. The number of hydrogen-bond donors (Lipinski definition) is 0. The molecule has 0 radical (unpaired) electrons. The van der Waals surface area contributed by atoms with Gasteiger partial charge in [-0.15, -0.1) is 0 Å². The lowest BCUT2D eigenvalue weighted by molar-refractivity contribution is 0.0969. The number of aryl methyl sites for hydroxylation is 1. The molecule has 2 rings (SSSR count). The second-order valence-electron chi connectivity index (χ2n) is 5.22. The van der Waals surface area contributed by atoms with E-state index in [1.54, 1.807) is 12.4 Å². The second kappa shape index (κ2) is 5.95. The minimum atomic E-state index is 0.256. The van der Waals surface area contributed by atoms with Crippen LogP contribution in [0.1, 0.15) is 60.9 Å². The number of pyridine rings is 1. The first-order chi connectivity index (χ1) is 8.25. The number of aromatic nitrogens is 1. The fourth-order valence-electron chi connectivity index (χ4n) is 2.66. The third kappa shape index (κ3) is 3.65. The van der Waals surface area contributed by atoms with Crippen LogP contribution in [0.2, 0.25) is 0 Å². The number of hydrogen-bond acceptors (Lipinski definition) is 2. The number of rotatable bonds is 4. The maximum absolute atomic E-state index is 12.0. The van der Waals surface area contributed by atoms with Crippen LogP contribution < -0.4 is 0 Å². The van der Waals surface area contributed by atoms with Crippen LogP contribution in [-0.4, -0.2) is 10.8 Å². The normalized spacial score (nSPS) is 17.0. The molecule has 2 nitrogen and oxygen atoms in total. The van der Waals surface area contributed by atoms with Crippen LogP contribution in [-0.2, 0) is 0 Å². The maximum atomic E-state index is 12.0. The summed E-state index contributed by atoms with van der Waals surface area (Å²) in [6.07, 6.45) is 12.0. The van der Waals surface area contributed by atoms with E-state index in [9.17, 15) is 4.79 Å². The Labute approximate surface area is 103 Å². The van der Waals surface area contributed by atoms with Gasteiger partial charge in [0, 0.05) is 24.4 Å². The van der Waals surface area contributed by atoms with Crippen molar-refractivity contribution in [3.05, 3.63) is 29.6 Å². The molecule has 17 heavy (non-hydrogen) atoms. The lowest BCUT2D eigenvalue weighted by Crippen LogP contribution is -2.09. The van der Waals surface area contributed by atoms with Gasteiger partial charge in [0.05, 0.1) is 0 Å². The van der Waals surface area contributed by atoms with Gasteiger partial charge in [0.15, 0.2) is 5.78 Å². The molecule has 1 fully saturated rings. The van der Waals surface area contributed by atoms with Crippen molar-refractivity contribution in [1.29, 1.82) is 0 Å². The summed E-state index contributed by atoms with van der Waals surface area (Å²) in [5.41, 5.74) is 1.84. The lowest BCUT2D eigenvalue weighted by Gasteiger charge is -2.20. The van der Waals surface area contributed by atoms with E-state index in [2.05, 4.69) is 4.98 Å². The van der Waals surface area contributed by atoms with E-state index in [0.717, 1.165) is 23.5 Å². The van der Waals surface area contributed by atoms with Crippen molar-refractivity contribution in [2.45, 2.75) is 51.9 Å². The van der Waals surface area contributed by atoms with Gasteiger partial charge in [-0.05, 0) is 30.9 Å². The molecule has 0 N–H and O–H groups in total. The highest BCUT2D eigenvalue weighted by Crippen LogP contribution is 2.27. The van der Waals surface area contributed by atoms with E-state index in [1.165, 1.54) is 32.1 Å². The predicted molar refractivity (Wildman–Crippen MR) is 69.1 cm³/mol. The van der Waals surface area contributed by atoms with E-state index in [-0.39, 0.29) is 5.78 Å². The van der Waals surface area contributed by atoms with Gasteiger partial charge >= 0.3 is 0 Å². The Morgan fingerprint density at radius 2 is 2.06 bits per heavy atom. The van der Waals surface area contributed by atoms with Gasteiger partial charge < -0.3 is 0 Å². The fraction of sp³-hybridized carbons (Fsp3) is 0.600. The van der Waals surface area contributed by atoms with Gasteiger partial charge in [0.1, 0.15) is 0 Å². The Morgan fingerprint density at radius 3 is 2.76 bits per heavy atom. The molecule has 1 aromatic rings.